The second-order valence-electron chi connectivity index (χ2n) is 35.5. The molecule has 0 aliphatic carbocycles. The fraction of sp³-hybridized carbons (Fsp3) is 0.357. The molecule has 18 aromatic rings. The van der Waals surface area contributed by atoms with Gasteiger partial charge in [0.05, 0.1) is 127 Å². The number of ether oxygens (including phenoxy) is 4. The molecule has 12 N–H and O–H groups in total. The van der Waals surface area contributed by atoms with E-state index in [1.807, 2.05) is 130 Å². The van der Waals surface area contributed by atoms with Crippen LogP contribution in [-0.2, 0) is 81.3 Å². The second kappa shape index (κ2) is 45.5. The highest BCUT2D eigenvalue weighted by Crippen LogP contribution is 2.31. The maximum absolute atomic E-state index is 12.2. The number of carbonyl (C=O) groups is 4. The van der Waals surface area contributed by atoms with Gasteiger partial charge < -0.3 is 109 Å². The Morgan fingerprint density at radius 1 is 0.413 bits per heavy atom. The quantitative estimate of drug-likeness (QED) is 0.0133. The predicted octanol–water partition coefficient (Wildman–Crippen LogP) is 14.2. The average Bonchev–Trinajstić information content (AvgIpc) is 1.65. The number of aryl methyl sites for hydroxylation is 4. The highest BCUT2D eigenvalue weighted by molar-refractivity contribution is 7.89. The van der Waals surface area contributed by atoms with E-state index in [2.05, 4.69) is 168 Å². The summed E-state index contributed by atoms with van der Waals surface area (Å²) in [6.07, 6.45) is 23.5. The minimum absolute atomic E-state index is 0.273. The van der Waals surface area contributed by atoms with Crippen LogP contribution in [0, 0.1) is 0 Å². The summed E-state index contributed by atoms with van der Waals surface area (Å²) in [4.78, 5) is 119. The Morgan fingerprint density at radius 3 is 1.17 bits per heavy atom. The van der Waals surface area contributed by atoms with Crippen molar-refractivity contribution in [2.75, 3.05) is 92.6 Å². The third-order valence-electron chi connectivity index (χ3n) is 23.8. The molecule has 44 nitrogen and oxygen atoms in total. The zero-order valence-electron chi connectivity index (χ0n) is 81.1. The SMILES string of the molecule is CC(C)n1cnc2ccc(CNC(=O)OCCCCn3cnc4c(N)nc(-c5ccccc5)nc43)cc21.CC(C)n1cnc2ccc(CNC(=O)OCCCCn3cnc4c(N)nc(-c5ccoc5)nc43)cc21.CC(C)n1cnc2ccc(CNC(=O)OCCCCn3cnc4c(N)nc(N5CCC5)nc43)cc21.CN(C)c1nc(N)c2ncn(CCCCOC(=O)NCc3ccc4c(ccn4S(C)(=O)=O)c3)c2n1. The molecule has 19 rings (SSSR count). The van der Waals surface area contributed by atoms with Gasteiger partial charge in [-0.3, -0.25) is 0 Å². The number of unbranched alkanes of at least 4 members (excludes halogenated alkanes) is 4. The second-order valence-corrected chi connectivity index (χ2v) is 37.4. The van der Waals surface area contributed by atoms with E-state index in [-0.39, 0.29) is 13.2 Å². The molecule has 0 atom stereocenters. The van der Waals surface area contributed by atoms with Crippen molar-refractivity contribution < 1.29 is 51.0 Å². The van der Waals surface area contributed by atoms with Gasteiger partial charge in [-0.15, -0.1) is 0 Å². The molecule has 0 bridgehead atoms. The van der Waals surface area contributed by atoms with Crippen molar-refractivity contribution in [3.8, 4) is 22.8 Å². The number of nitrogens with two attached hydrogens (primary N) is 4. The number of rotatable bonds is 36. The van der Waals surface area contributed by atoms with Crippen LogP contribution in [0.15, 0.2) is 183 Å². The zero-order valence-corrected chi connectivity index (χ0v) is 81.9. The molecule has 5 aromatic carbocycles. The number of nitrogens with zero attached hydrogens (tertiary/aromatic N) is 25. The van der Waals surface area contributed by atoms with Crippen molar-refractivity contribution in [3.05, 3.63) is 201 Å². The fourth-order valence-electron chi connectivity index (χ4n) is 16.0. The van der Waals surface area contributed by atoms with Crippen molar-refractivity contribution in [1.29, 1.82) is 0 Å². The van der Waals surface area contributed by atoms with E-state index in [9.17, 15) is 27.6 Å². The van der Waals surface area contributed by atoms with Gasteiger partial charge in [-0.05, 0) is 182 Å². The smallest absolute Gasteiger partial charge is 0.407 e. The monoisotopic (exact) mass is 1960 g/mol. The number of fused-ring (bicyclic) bond motifs is 8. The molecule has 1 fully saturated rings. The summed E-state index contributed by atoms with van der Waals surface area (Å²) in [7, 11) is 0.325. The van der Waals surface area contributed by atoms with Gasteiger partial charge in [-0.1, -0.05) is 54.6 Å². The maximum Gasteiger partial charge on any atom is 0.407 e. The van der Waals surface area contributed by atoms with Crippen LogP contribution in [0.2, 0.25) is 0 Å². The standard InChI is InChI=1S/C27H30N8O2.C25H28N8O3.C24H31N9O2.C22H28N8O4S/c1-18(2)35-17-30-21-11-10-19(14-22(21)35)15-29-27(36)37-13-7-6-12-34-16-31-23-24(28)32-25(33-26(23)34)20-8-4-3-5-9-20;1-16(2)33-15-28-19-6-5-17(11-20(19)33)12-27-25(34)36-9-4-3-8-32-14-29-21-22(26)30-23(31-24(21)32)18-7-10-35-13-18;1-16(2)33-15-27-18-7-6-17(12-19(18)33)13-26-24(34)35-11-4-3-8-32-14-28-20-21(25)29-23(30-22(20)32)31-9-5-10-31;1-28(2)21-26-19(23)18-20(27-21)29(14-25-18)9-4-5-11-34-22(31)24-13-15-6-7-17-16(12-15)8-10-30(17)35(3,32)33/h3-5,8-11,14,16-18H,6-7,12-13,15H2,1-2H3,(H,29,36)(H2,28,32,33);5-7,10-11,13-16H,3-4,8-9,12H2,1-2H3,(H,27,34)(H2,26,30,31);6-7,12,14-16H,3-5,8-11,13H2,1-2H3,(H,26,34)(H2,25,29,30);6-8,10,12,14H,4-5,9,11,13H2,1-3H3,(H,24,31)(H2,23,26,27). The lowest BCUT2D eigenvalue weighted by atomic mass is 10.1. The van der Waals surface area contributed by atoms with Crippen LogP contribution in [0.3, 0.4) is 0 Å². The van der Waals surface area contributed by atoms with Crippen LogP contribution in [0.25, 0.3) is 111 Å². The summed E-state index contributed by atoms with van der Waals surface area (Å²) in [5, 5.41) is 12.0. The number of alkyl carbamates (subject to hydrolysis) is 4. The van der Waals surface area contributed by atoms with E-state index in [0.717, 1.165) is 135 Å². The Kier molecular flexibility index (Phi) is 31.6. The molecule has 14 heterocycles. The molecule has 746 valence electrons. The van der Waals surface area contributed by atoms with Crippen LogP contribution in [0.4, 0.5) is 54.3 Å². The zero-order chi connectivity index (χ0) is 100. The maximum atomic E-state index is 12.2. The van der Waals surface area contributed by atoms with Gasteiger partial charge in [-0.2, -0.15) is 19.9 Å². The van der Waals surface area contributed by atoms with E-state index in [1.165, 1.54) is 10.2 Å². The van der Waals surface area contributed by atoms with E-state index < -0.39 is 34.4 Å². The largest absolute Gasteiger partial charge is 0.472 e. The number of aromatic nitrogens is 23. The van der Waals surface area contributed by atoms with Crippen LogP contribution in [0.1, 0.15) is 140 Å². The van der Waals surface area contributed by atoms with Crippen molar-refractivity contribution in [2.45, 2.75) is 170 Å². The van der Waals surface area contributed by atoms with Crippen molar-refractivity contribution in [2.24, 2.45) is 0 Å². The number of hydrogen-bond acceptors (Lipinski definition) is 32. The molecule has 0 saturated carbocycles. The Bertz CT molecular complexity index is 7600. The summed E-state index contributed by atoms with van der Waals surface area (Å²) in [5.74, 6) is 3.66. The van der Waals surface area contributed by atoms with Crippen LogP contribution < -0.4 is 54.0 Å². The van der Waals surface area contributed by atoms with E-state index in [1.54, 1.807) is 67.0 Å². The van der Waals surface area contributed by atoms with Gasteiger partial charge in [0.15, 0.2) is 57.5 Å². The number of hydrogen-bond donors (Lipinski definition) is 8. The van der Waals surface area contributed by atoms with Gasteiger partial charge in [-0.25, -0.2) is 86.4 Å². The third kappa shape index (κ3) is 24.6. The van der Waals surface area contributed by atoms with Crippen molar-refractivity contribution >= 4 is 158 Å². The Labute approximate surface area is 822 Å². The number of amides is 4. The van der Waals surface area contributed by atoms with Crippen molar-refractivity contribution in [1.82, 2.24) is 132 Å². The number of carbonyl (C=O) groups excluding carboxylic acids is 4. The topological polar surface area (TPSA) is 544 Å². The van der Waals surface area contributed by atoms with Crippen LogP contribution in [-0.4, -0.2) is 203 Å². The van der Waals surface area contributed by atoms with Gasteiger partial charge in [0, 0.05) is 115 Å². The normalized spacial score (nSPS) is 12.0. The number of anilines is 6. The average molecular weight is 1970 g/mol. The number of imidazole rings is 7. The molecular formula is C98H117N33O11S. The summed E-state index contributed by atoms with van der Waals surface area (Å²) in [6.45, 7) is 20.0. The fourth-order valence-corrected chi connectivity index (χ4v) is 16.8. The number of benzene rings is 5. The molecule has 143 heavy (non-hydrogen) atoms. The van der Waals surface area contributed by atoms with E-state index in [4.69, 9.17) is 46.3 Å². The first-order valence-corrected chi connectivity index (χ1v) is 49.2. The van der Waals surface area contributed by atoms with Crippen LogP contribution in [0.5, 0.6) is 0 Å². The first-order valence-electron chi connectivity index (χ1n) is 47.3. The lowest BCUT2D eigenvalue weighted by molar-refractivity contribution is 0.142. The summed E-state index contributed by atoms with van der Waals surface area (Å²) >= 11 is 0. The molecule has 1 aliphatic rings. The Morgan fingerprint density at radius 2 is 0.790 bits per heavy atom. The highest BCUT2D eigenvalue weighted by atomic mass is 32.2. The summed E-state index contributed by atoms with van der Waals surface area (Å²) in [5.41, 5.74) is 41.5. The van der Waals surface area contributed by atoms with Gasteiger partial charge in [0.2, 0.25) is 21.9 Å². The molecule has 0 spiro atoms. The van der Waals surface area contributed by atoms with Crippen molar-refractivity contribution in [3.63, 3.8) is 0 Å². The summed E-state index contributed by atoms with van der Waals surface area (Å²) in [6, 6.07) is 37.5. The Hall–Kier alpha value is -16.6. The molecule has 13 aromatic heterocycles. The molecule has 1 aliphatic heterocycles. The molecular weight excluding hydrogens is 1850 g/mol. The molecule has 45 heteroatoms. The number of nitrogens with one attached hydrogen (secondary N) is 4. The first-order chi connectivity index (χ1) is 69.1. The predicted molar refractivity (Wildman–Crippen MR) is 545 cm³/mol. The highest BCUT2D eigenvalue weighted by Gasteiger charge is 2.24. The molecule has 4 amide bonds. The minimum Gasteiger partial charge on any atom is -0.472 e. The van der Waals surface area contributed by atoms with E-state index in [0.29, 0.717) is 194 Å². The van der Waals surface area contributed by atoms with Gasteiger partial charge >= 0.3 is 24.4 Å². The molecule has 1 saturated heterocycles. The third-order valence-corrected chi connectivity index (χ3v) is 24.8. The first kappa shape index (κ1) is 99.4. The number of furan rings is 1. The van der Waals surface area contributed by atoms with E-state index >= 15 is 0 Å². The molecule has 0 unspecified atom stereocenters. The Balaban J connectivity index is 0.000000137. The van der Waals surface area contributed by atoms with Crippen LogP contribution >= 0.6 is 0 Å². The van der Waals surface area contributed by atoms with Gasteiger partial charge in [0.25, 0.3) is 0 Å². The lowest BCUT2D eigenvalue weighted by Gasteiger charge is -2.30. The minimum atomic E-state index is -3.36. The lowest BCUT2D eigenvalue weighted by Crippen LogP contribution is -2.38. The summed E-state index contributed by atoms with van der Waals surface area (Å²) < 4.78 is 65.4. The van der Waals surface area contributed by atoms with Gasteiger partial charge in [0.1, 0.15) is 28.3 Å². The molecule has 0 radical (unpaired) electrons. The number of nitrogen functional groups attached to an aromatic ring is 4.